The van der Waals surface area contributed by atoms with Crippen molar-refractivity contribution in [2.45, 2.75) is 32.1 Å². The van der Waals surface area contributed by atoms with Crippen LogP contribution in [0.5, 0.6) is 0 Å². The van der Waals surface area contributed by atoms with E-state index in [0.29, 0.717) is 0 Å². The highest BCUT2D eigenvalue weighted by Gasteiger charge is 2.37. The van der Waals surface area contributed by atoms with Gasteiger partial charge in [0.15, 0.2) is 0 Å². The zero-order valence-electron chi connectivity index (χ0n) is 31.5. The average Bonchev–Trinajstić information content (AvgIpc) is 3.74. The van der Waals surface area contributed by atoms with E-state index < -0.39 is 0 Å². The van der Waals surface area contributed by atoms with E-state index in [1.807, 2.05) is 0 Å². The normalized spacial score (nSPS) is 14.2. The predicted octanol–water partition coefficient (Wildman–Crippen LogP) is 15.3. The standard InChI is InChI=1S/C55H38O/c1-55(2)47-30-28-44-43(29-31-50-54(44)46-22-12-13-23-49(46)56-50)53(47)45-25-24-34(32-48(45)55)51-38-18-8-10-20-40(38)52(41-21-11-9-19-39(41)51)42-27-26-35(33-14-4-3-5-15-33)36-16-6-7-17-37(36)42/h3-11,13-21,23-32H,12,22H2,1-2H3. The molecule has 56 heavy (non-hydrogen) atoms. The minimum atomic E-state index is -0.159. The predicted molar refractivity (Wildman–Crippen MR) is 237 cm³/mol. The van der Waals surface area contributed by atoms with Crippen LogP contribution >= 0.6 is 0 Å². The molecule has 0 saturated carbocycles. The Labute approximate surface area is 326 Å². The van der Waals surface area contributed by atoms with Gasteiger partial charge in [-0.1, -0.05) is 159 Å². The summed E-state index contributed by atoms with van der Waals surface area (Å²) >= 11 is 0. The van der Waals surface area contributed by atoms with Crippen LogP contribution in [-0.2, 0) is 11.8 Å². The molecule has 0 unspecified atom stereocenters. The lowest BCUT2D eigenvalue weighted by atomic mass is 9.80. The molecule has 1 nitrogen and oxygen atoms in total. The first-order valence-corrected chi connectivity index (χ1v) is 19.9. The van der Waals surface area contributed by atoms with Crippen LogP contribution in [0.2, 0.25) is 0 Å². The van der Waals surface area contributed by atoms with Crippen LogP contribution in [0, 0.1) is 0 Å². The van der Waals surface area contributed by atoms with Gasteiger partial charge in [-0.3, -0.25) is 0 Å². The maximum Gasteiger partial charge on any atom is 0.135 e. The molecule has 0 amide bonds. The first-order valence-electron chi connectivity index (χ1n) is 19.9. The molecule has 2 aliphatic rings. The lowest BCUT2D eigenvalue weighted by Gasteiger charge is -2.23. The number of furan rings is 1. The van der Waals surface area contributed by atoms with E-state index in [1.165, 1.54) is 110 Å². The van der Waals surface area contributed by atoms with Crippen LogP contribution in [0.3, 0.4) is 0 Å². The van der Waals surface area contributed by atoms with Crippen LogP contribution in [0.25, 0.3) is 105 Å². The Morgan fingerprint density at radius 1 is 0.446 bits per heavy atom. The average molecular weight is 715 g/mol. The smallest absolute Gasteiger partial charge is 0.135 e. The van der Waals surface area contributed by atoms with Crippen molar-refractivity contribution in [1.29, 1.82) is 0 Å². The molecular weight excluding hydrogens is 677 g/mol. The summed E-state index contributed by atoms with van der Waals surface area (Å²) < 4.78 is 6.36. The molecule has 0 radical (unpaired) electrons. The molecule has 9 aromatic carbocycles. The molecule has 0 aliphatic heterocycles. The summed E-state index contributed by atoms with van der Waals surface area (Å²) in [6.07, 6.45) is 6.47. The van der Waals surface area contributed by atoms with Gasteiger partial charge in [0, 0.05) is 16.4 Å². The summed E-state index contributed by atoms with van der Waals surface area (Å²) in [6, 6.07) is 59.0. The van der Waals surface area contributed by atoms with Crippen LogP contribution < -0.4 is 0 Å². The van der Waals surface area contributed by atoms with Crippen molar-refractivity contribution in [2.75, 3.05) is 0 Å². The van der Waals surface area contributed by atoms with E-state index in [9.17, 15) is 0 Å². The number of allylic oxidation sites excluding steroid dienone is 1. The third-order valence-corrected chi connectivity index (χ3v) is 12.9. The fourth-order valence-electron chi connectivity index (χ4n) is 10.4. The Kier molecular flexibility index (Phi) is 6.58. The largest absolute Gasteiger partial charge is 0.456 e. The zero-order valence-corrected chi connectivity index (χ0v) is 31.5. The van der Waals surface area contributed by atoms with Crippen LogP contribution in [0.1, 0.15) is 42.7 Å². The van der Waals surface area contributed by atoms with E-state index in [0.717, 1.165) is 24.2 Å². The van der Waals surface area contributed by atoms with Crippen molar-refractivity contribution < 1.29 is 4.42 Å². The van der Waals surface area contributed by atoms with Crippen LogP contribution in [-0.4, -0.2) is 0 Å². The van der Waals surface area contributed by atoms with Crippen LogP contribution in [0.4, 0.5) is 0 Å². The first kappa shape index (κ1) is 31.6. The highest BCUT2D eigenvalue weighted by atomic mass is 16.3. The Morgan fingerprint density at radius 2 is 1.04 bits per heavy atom. The fraction of sp³-hybridized carbons (Fsp3) is 0.0909. The number of aryl methyl sites for hydroxylation is 1. The van der Waals surface area contributed by atoms with E-state index >= 15 is 0 Å². The molecule has 0 N–H and O–H groups in total. The van der Waals surface area contributed by atoms with Gasteiger partial charge in [-0.25, -0.2) is 0 Å². The van der Waals surface area contributed by atoms with Gasteiger partial charge in [0.05, 0.1) is 0 Å². The molecule has 10 aromatic rings. The summed E-state index contributed by atoms with van der Waals surface area (Å²) in [5.41, 5.74) is 15.3. The Bertz CT molecular complexity index is 3260. The first-order chi connectivity index (χ1) is 27.6. The summed E-state index contributed by atoms with van der Waals surface area (Å²) in [5.74, 6) is 1.02. The van der Waals surface area contributed by atoms with Crippen molar-refractivity contribution in [3.63, 3.8) is 0 Å². The van der Waals surface area contributed by atoms with Gasteiger partial charge in [0.25, 0.3) is 0 Å². The third kappa shape index (κ3) is 4.31. The van der Waals surface area contributed by atoms with Gasteiger partial charge in [-0.05, 0) is 136 Å². The highest BCUT2D eigenvalue weighted by molar-refractivity contribution is 6.24. The minimum Gasteiger partial charge on any atom is -0.456 e. The summed E-state index contributed by atoms with van der Waals surface area (Å²) in [6.45, 7) is 4.81. The SMILES string of the molecule is CC1(C)c2cc(-c3c4ccccc4c(-c4ccc(-c5ccccc5)c5ccccc45)c4ccccc34)ccc2-c2c1ccc1c2ccc2oc3c(c21)CCC=C3. The van der Waals surface area contributed by atoms with Gasteiger partial charge in [-0.15, -0.1) is 0 Å². The second-order valence-corrected chi connectivity index (χ2v) is 16.2. The van der Waals surface area contributed by atoms with Gasteiger partial charge < -0.3 is 4.42 Å². The van der Waals surface area contributed by atoms with Crippen molar-refractivity contribution in [2.24, 2.45) is 0 Å². The summed E-state index contributed by atoms with van der Waals surface area (Å²) in [4.78, 5) is 0. The molecule has 2 aliphatic carbocycles. The topological polar surface area (TPSA) is 13.1 Å². The summed E-state index contributed by atoms with van der Waals surface area (Å²) in [7, 11) is 0. The van der Waals surface area contributed by atoms with E-state index in [2.05, 4.69) is 184 Å². The number of fused-ring (bicyclic) bond motifs is 12. The second-order valence-electron chi connectivity index (χ2n) is 16.2. The molecule has 0 saturated heterocycles. The van der Waals surface area contributed by atoms with E-state index in [-0.39, 0.29) is 5.41 Å². The van der Waals surface area contributed by atoms with E-state index in [4.69, 9.17) is 4.42 Å². The van der Waals surface area contributed by atoms with E-state index in [1.54, 1.807) is 0 Å². The molecule has 0 atom stereocenters. The number of benzene rings is 9. The van der Waals surface area contributed by atoms with Crippen molar-refractivity contribution in [1.82, 2.24) is 0 Å². The highest BCUT2D eigenvalue weighted by Crippen LogP contribution is 2.54. The molecular formula is C55H38O. The molecule has 264 valence electrons. The van der Waals surface area contributed by atoms with Gasteiger partial charge in [0.2, 0.25) is 0 Å². The van der Waals surface area contributed by atoms with Gasteiger partial charge in [-0.2, -0.15) is 0 Å². The van der Waals surface area contributed by atoms with Crippen molar-refractivity contribution in [3.05, 3.63) is 186 Å². The van der Waals surface area contributed by atoms with Crippen molar-refractivity contribution >= 4 is 60.1 Å². The molecule has 0 bridgehead atoms. The maximum absolute atomic E-state index is 6.36. The minimum absolute atomic E-state index is 0.159. The Hall–Kier alpha value is -6.70. The molecule has 12 rings (SSSR count). The monoisotopic (exact) mass is 714 g/mol. The molecule has 0 spiro atoms. The van der Waals surface area contributed by atoms with Crippen molar-refractivity contribution in [3.8, 4) is 44.5 Å². The Balaban J connectivity index is 1.09. The molecule has 1 heteroatoms. The lowest BCUT2D eigenvalue weighted by molar-refractivity contribution is 0.595. The fourth-order valence-corrected chi connectivity index (χ4v) is 10.4. The number of hydrogen-bond donors (Lipinski definition) is 0. The second kappa shape index (κ2) is 11.7. The maximum atomic E-state index is 6.36. The van der Waals surface area contributed by atoms with Gasteiger partial charge >= 0.3 is 0 Å². The zero-order chi connectivity index (χ0) is 37.1. The number of rotatable bonds is 3. The van der Waals surface area contributed by atoms with Crippen LogP contribution in [0.15, 0.2) is 168 Å². The van der Waals surface area contributed by atoms with Gasteiger partial charge in [0.1, 0.15) is 11.3 Å². The molecule has 1 heterocycles. The molecule has 0 fully saturated rings. The molecule has 1 aromatic heterocycles. The third-order valence-electron chi connectivity index (χ3n) is 12.9. The lowest BCUT2D eigenvalue weighted by Crippen LogP contribution is -2.15. The number of hydrogen-bond acceptors (Lipinski definition) is 1. The Morgan fingerprint density at radius 3 is 1.77 bits per heavy atom. The quantitative estimate of drug-likeness (QED) is 0.166. The summed E-state index contributed by atoms with van der Waals surface area (Å²) in [5, 5.41) is 11.5.